The molecule has 0 unspecified atom stereocenters. The lowest BCUT2D eigenvalue weighted by Gasteiger charge is -2.17. The van der Waals surface area contributed by atoms with Crippen molar-refractivity contribution in [3.63, 3.8) is 0 Å². The summed E-state index contributed by atoms with van der Waals surface area (Å²) in [5.74, 6) is -1.69. The van der Waals surface area contributed by atoms with Crippen LogP contribution in [0.5, 0.6) is 0 Å². The summed E-state index contributed by atoms with van der Waals surface area (Å²) < 4.78 is 4.97. The number of ether oxygens (including phenoxy) is 1. The summed E-state index contributed by atoms with van der Waals surface area (Å²) in [5, 5.41) is 11.5. The second kappa shape index (κ2) is 5.38. The molecular weight excluding hydrogens is 198 g/mol. The first-order chi connectivity index (χ1) is 7.16. The van der Waals surface area contributed by atoms with Gasteiger partial charge in [-0.05, 0) is 19.3 Å². The topological polar surface area (TPSA) is 75.6 Å². The Morgan fingerprint density at radius 2 is 2.27 bits per heavy atom. The maximum atomic E-state index is 11.6. The third kappa shape index (κ3) is 2.97. The van der Waals surface area contributed by atoms with Crippen molar-refractivity contribution in [2.75, 3.05) is 13.2 Å². The highest BCUT2D eigenvalue weighted by molar-refractivity contribution is 6.01. The Morgan fingerprint density at radius 1 is 1.53 bits per heavy atom. The minimum absolute atomic E-state index is 0.199. The second-order valence-corrected chi connectivity index (χ2v) is 3.32. The van der Waals surface area contributed by atoms with E-state index in [4.69, 9.17) is 9.84 Å². The molecular formula is C10H15NO4. The number of rotatable bonds is 4. The van der Waals surface area contributed by atoms with Gasteiger partial charge in [-0.25, -0.2) is 4.79 Å². The first kappa shape index (κ1) is 11.6. The molecule has 0 saturated heterocycles. The fourth-order valence-electron chi connectivity index (χ4n) is 1.38. The molecule has 0 aliphatic carbocycles. The molecule has 0 aromatic rings. The number of carbonyl (C=O) groups is 2. The number of aliphatic carboxylic acids is 1. The van der Waals surface area contributed by atoms with Crippen LogP contribution < -0.4 is 5.32 Å². The van der Waals surface area contributed by atoms with E-state index in [0.29, 0.717) is 26.0 Å². The van der Waals surface area contributed by atoms with Crippen LogP contribution in [0.15, 0.2) is 11.3 Å². The Morgan fingerprint density at radius 3 is 2.87 bits per heavy atom. The first-order valence-corrected chi connectivity index (χ1v) is 5.04. The lowest BCUT2D eigenvalue weighted by molar-refractivity contribution is -0.137. The van der Waals surface area contributed by atoms with E-state index >= 15 is 0 Å². The van der Waals surface area contributed by atoms with Crippen LogP contribution in [0.3, 0.4) is 0 Å². The third-order valence-electron chi connectivity index (χ3n) is 2.10. The Balaban J connectivity index is 2.77. The Bertz CT molecular complexity index is 296. The lowest BCUT2D eigenvalue weighted by atomic mass is 10.1. The van der Waals surface area contributed by atoms with E-state index in [0.717, 1.165) is 6.42 Å². The third-order valence-corrected chi connectivity index (χ3v) is 2.10. The van der Waals surface area contributed by atoms with Crippen LogP contribution in [0.25, 0.3) is 0 Å². The summed E-state index contributed by atoms with van der Waals surface area (Å²) in [6.07, 6.45) is 1.98. The molecule has 1 aliphatic rings. The molecule has 0 saturated carbocycles. The molecule has 0 fully saturated rings. The maximum Gasteiger partial charge on any atom is 0.371 e. The minimum Gasteiger partial charge on any atom is -0.486 e. The van der Waals surface area contributed by atoms with E-state index in [1.807, 2.05) is 6.92 Å². The van der Waals surface area contributed by atoms with Crippen LogP contribution >= 0.6 is 0 Å². The summed E-state index contributed by atoms with van der Waals surface area (Å²) in [6.45, 7) is 2.85. The Hall–Kier alpha value is -1.52. The van der Waals surface area contributed by atoms with Crippen LogP contribution in [0, 0.1) is 0 Å². The van der Waals surface area contributed by atoms with Crippen LogP contribution in [0.2, 0.25) is 0 Å². The van der Waals surface area contributed by atoms with E-state index in [2.05, 4.69) is 5.32 Å². The van der Waals surface area contributed by atoms with Crippen molar-refractivity contribution in [3.8, 4) is 0 Å². The van der Waals surface area contributed by atoms with Gasteiger partial charge in [0.15, 0.2) is 0 Å². The minimum atomic E-state index is -1.17. The van der Waals surface area contributed by atoms with Gasteiger partial charge in [-0.2, -0.15) is 0 Å². The van der Waals surface area contributed by atoms with Gasteiger partial charge >= 0.3 is 5.97 Å². The average molecular weight is 213 g/mol. The van der Waals surface area contributed by atoms with Crippen LogP contribution in [-0.2, 0) is 14.3 Å². The maximum absolute atomic E-state index is 11.6. The quantitative estimate of drug-likeness (QED) is 0.719. The molecule has 15 heavy (non-hydrogen) atoms. The zero-order valence-corrected chi connectivity index (χ0v) is 8.71. The summed E-state index contributed by atoms with van der Waals surface area (Å²) in [5.41, 5.74) is 0.252. The van der Waals surface area contributed by atoms with Crippen molar-refractivity contribution in [1.82, 2.24) is 5.32 Å². The Labute approximate surface area is 88.1 Å². The molecule has 0 atom stereocenters. The van der Waals surface area contributed by atoms with Crippen molar-refractivity contribution in [1.29, 1.82) is 0 Å². The summed E-state index contributed by atoms with van der Waals surface area (Å²) in [4.78, 5) is 22.3. The number of amides is 1. The fourth-order valence-corrected chi connectivity index (χ4v) is 1.38. The van der Waals surface area contributed by atoms with Gasteiger partial charge in [0.25, 0.3) is 5.91 Å². The number of nitrogens with one attached hydrogen (secondary N) is 1. The fraction of sp³-hybridized carbons (Fsp3) is 0.600. The molecule has 0 spiro atoms. The normalized spacial score (nSPS) is 15.8. The predicted molar refractivity (Wildman–Crippen MR) is 53.1 cm³/mol. The molecule has 1 aliphatic heterocycles. The zero-order valence-electron chi connectivity index (χ0n) is 8.71. The molecule has 84 valence electrons. The smallest absolute Gasteiger partial charge is 0.371 e. The van der Waals surface area contributed by atoms with E-state index in [9.17, 15) is 9.59 Å². The highest BCUT2D eigenvalue weighted by Gasteiger charge is 2.24. The van der Waals surface area contributed by atoms with Gasteiger partial charge in [0.2, 0.25) is 5.76 Å². The summed E-state index contributed by atoms with van der Waals surface area (Å²) in [7, 11) is 0. The first-order valence-electron chi connectivity index (χ1n) is 5.04. The van der Waals surface area contributed by atoms with Gasteiger partial charge in [0, 0.05) is 6.54 Å². The predicted octanol–water partition coefficient (Wildman–Crippen LogP) is 0.662. The molecule has 0 aromatic heterocycles. The average Bonchev–Trinajstić information content (AvgIpc) is 2.25. The van der Waals surface area contributed by atoms with Crippen LogP contribution in [0.4, 0.5) is 0 Å². The molecule has 5 nitrogen and oxygen atoms in total. The number of carbonyl (C=O) groups excluding carboxylic acids is 1. The number of carboxylic acid groups (broad SMARTS) is 1. The number of hydrogen-bond acceptors (Lipinski definition) is 3. The van der Waals surface area contributed by atoms with Crippen molar-refractivity contribution < 1.29 is 19.4 Å². The lowest BCUT2D eigenvalue weighted by Crippen LogP contribution is -2.30. The van der Waals surface area contributed by atoms with Crippen LogP contribution in [-0.4, -0.2) is 30.1 Å². The van der Waals surface area contributed by atoms with Crippen molar-refractivity contribution in [2.45, 2.75) is 26.2 Å². The van der Waals surface area contributed by atoms with Gasteiger partial charge in [0.05, 0.1) is 12.2 Å². The van der Waals surface area contributed by atoms with Gasteiger partial charge < -0.3 is 15.2 Å². The van der Waals surface area contributed by atoms with Crippen molar-refractivity contribution in [2.24, 2.45) is 0 Å². The number of hydrogen-bond donors (Lipinski definition) is 2. The van der Waals surface area contributed by atoms with Gasteiger partial charge in [0.1, 0.15) is 0 Å². The van der Waals surface area contributed by atoms with Crippen molar-refractivity contribution >= 4 is 11.9 Å². The molecule has 0 radical (unpaired) electrons. The molecule has 5 heteroatoms. The molecule has 1 heterocycles. The SMILES string of the molecule is CCCNC(=O)C1=C(C(=O)O)OCCC1. The molecule has 1 amide bonds. The summed E-state index contributed by atoms with van der Waals surface area (Å²) >= 11 is 0. The molecule has 0 aromatic carbocycles. The number of carboxylic acids is 1. The highest BCUT2D eigenvalue weighted by atomic mass is 16.5. The molecule has 1 rings (SSSR count). The van der Waals surface area contributed by atoms with E-state index in [1.165, 1.54) is 0 Å². The molecule has 0 bridgehead atoms. The van der Waals surface area contributed by atoms with E-state index < -0.39 is 5.97 Å². The largest absolute Gasteiger partial charge is 0.486 e. The van der Waals surface area contributed by atoms with Gasteiger partial charge in [-0.1, -0.05) is 6.92 Å². The highest BCUT2D eigenvalue weighted by Crippen LogP contribution is 2.19. The Kier molecular flexibility index (Phi) is 4.15. The van der Waals surface area contributed by atoms with Crippen LogP contribution in [0.1, 0.15) is 26.2 Å². The summed E-state index contributed by atoms with van der Waals surface area (Å²) in [6, 6.07) is 0. The van der Waals surface area contributed by atoms with Gasteiger partial charge in [-0.15, -0.1) is 0 Å². The second-order valence-electron chi connectivity index (χ2n) is 3.32. The van der Waals surface area contributed by atoms with E-state index in [-0.39, 0.29) is 17.2 Å². The van der Waals surface area contributed by atoms with Gasteiger partial charge in [-0.3, -0.25) is 4.79 Å². The monoisotopic (exact) mass is 213 g/mol. The van der Waals surface area contributed by atoms with E-state index in [1.54, 1.807) is 0 Å². The standard InChI is InChI=1S/C10H15NO4/c1-2-5-11-9(12)7-4-3-6-15-8(7)10(13)14/h2-6H2,1H3,(H,11,12)(H,13,14). The van der Waals surface area contributed by atoms with Crippen molar-refractivity contribution in [3.05, 3.63) is 11.3 Å². The molecule has 2 N–H and O–H groups in total. The zero-order chi connectivity index (χ0) is 11.3.